The third-order valence-corrected chi connectivity index (χ3v) is 3.35. The van der Waals surface area contributed by atoms with Crippen molar-refractivity contribution in [2.45, 2.75) is 12.8 Å². The lowest BCUT2D eigenvalue weighted by atomic mass is 10.0. The van der Waals surface area contributed by atoms with Gasteiger partial charge in [0, 0.05) is 17.0 Å². The number of benzene rings is 2. The maximum atomic E-state index is 12.7. The highest BCUT2D eigenvalue weighted by Crippen LogP contribution is 2.22. The zero-order valence-corrected chi connectivity index (χ0v) is 11.5. The Morgan fingerprint density at radius 3 is 2.42 bits per heavy atom. The molecule has 0 N–H and O–H groups in total. The molecule has 0 spiro atoms. The van der Waals surface area contributed by atoms with Crippen molar-refractivity contribution in [2.24, 2.45) is 0 Å². The molecule has 2 aromatic carbocycles. The van der Waals surface area contributed by atoms with Gasteiger partial charge >= 0.3 is 0 Å². The molecule has 0 aliphatic carbocycles. The Hall–Kier alpha value is -1.38. The van der Waals surface area contributed by atoms with Crippen LogP contribution in [0.25, 0.3) is 0 Å². The summed E-state index contributed by atoms with van der Waals surface area (Å²) in [6.07, 6.45) is 0.855. The summed E-state index contributed by atoms with van der Waals surface area (Å²) in [5, 5.41) is 0.878. The van der Waals surface area contributed by atoms with Crippen LogP contribution in [-0.4, -0.2) is 5.78 Å². The molecule has 98 valence electrons. The molecule has 0 saturated carbocycles. The Kier molecular flexibility index (Phi) is 4.56. The first-order valence-electron chi connectivity index (χ1n) is 5.79. The van der Waals surface area contributed by atoms with Gasteiger partial charge in [0.1, 0.15) is 5.82 Å². The highest BCUT2D eigenvalue weighted by atomic mass is 35.5. The van der Waals surface area contributed by atoms with Gasteiger partial charge in [-0.25, -0.2) is 4.39 Å². The average molecular weight is 297 g/mol. The van der Waals surface area contributed by atoms with Gasteiger partial charge in [-0.05, 0) is 42.3 Å². The Morgan fingerprint density at radius 1 is 1.05 bits per heavy atom. The van der Waals surface area contributed by atoms with E-state index in [1.165, 1.54) is 12.1 Å². The molecule has 0 aliphatic rings. The molecular weight excluding hydrogens is 286 g/mol. The Labute approximate surface area is 121 Å². The van der Waals surface area contributed by atoms with Crippen molar-refractivity contribution in [1.29, 1.82) is 0 Å². The molecule has 0 heterocycles. The summed E-state index contributed by atoms with van der Waals surface area (Å²) < 4.78 is 12.7. The number of carbonyl (C=O) groups is 1. The van der Waals surface area contributed by atoms with Gasteiger partial charge in [0.05, 0.1) is 5.02 Å². The van der Waals surface area contributed by atoms with Gasteiger partial charge < -0.3 is 0 Å². The standard InChI is InChI=1S/C15H11Cl2FO/c16-11-4-7-14(17)13(9-11)15(19)8-3-10-1-5-12(18)6-2-10/h1-2,4-7,9H,3,8H2. The number of aryl methyl sites for hydroxylation is 1. The fourth-order valence-corrected chi connectivity index (χ4v) is 2.15. The third kappa shape index (κ3) is 3.79. The lowest BCUT2D eigenvalue weighted by Crippen LogP contribution is -2.02. The molecule has 0 radical (unpaired) electrons. The molecule has 0 saturated heterocycles. The fraction of sp³-hybridized carbons (Fsp3) is 0.133. The van der Waals surface area contributed by atoms with Crippen LogP contribution in [0.3, 0.4) is 0 Å². The van der Waals surface area contributed by atoms with Crippen molar-refractivity contribution in [1.82, 2.24) is 0 Å². The van der Waals surface area contributed by atoms with E-state index in [0.29, 0.717) is 28.5 Å². The molecule has 0 amide bonds. The van der Waals surface area contributed by atoms with Gasteiger partial charge in [0.25, 0.3) is 0 Å². The van der Waals surface area contributed by atoms with Gasteiger partial charge in [-0.15, -0.1) is 0 Å². The lowest BCUT2D eigenvalue weighted by Gasteiger charge is -2.04. The van der Waals surface area contributed by atoms with Crippen LogP contribution >= 0.6 is 23.2 Å². The first-order chi connectivity index (χ1) is 9.06. The van der Waals surface area contributed by atoms with Crippen LogP contribution in [0.5, 0.6) is 0 Å². The van der Waals surface area contributed by atoms with Gasteiger partial charge in [0.15, 0.2) is 5.78 Å². The highest BCUT2D eigenvalue weighted by Gasteiger charge is 2.11. The van der Waals surface area contributed by atoms with Crippen molar-refractivity contribution < 1.29 is 9.18 Å². The predicted molar refractivity (Wildman–Crippen MR) is 75.5 cm³/mol. The summed E-state index contributed by atoms with van der Waals surface area (Å²) in [6, 6.07) is 10.9. The second-order valence-corrected chi connectivity index (χ2v) is 5.02. The molecule has 0 atom stereocenters. The number of rotatable bonds is 4. The second-order valence-electron chi connectivity index (χ2n) is 4.17. The summed E-state index contributed by atoms with van der Waals surface area (Å²) in [6.45, 7) is 0. The van der Waals surface area contributed by atoms with Crippen LogP contribution in [0.1, 0.15) is 22.3 Å². The van der Waals surface area contributed by atoms with E-state index in [4.69, 9.17) is 23.2 Å². The fourth-order valence-electron chi connectivity index (χ4n) is 1.75. The second kappa shape index (κ2) is 6.18. The zero-order valence-electron chi connectivity index (χ0n) is 10.00. The van der Waals surface area contributed by atoms with Crippen LogP contribution in [0.4, 0.5) is 4.39 Å². The number of hydrogen-bond acceptors (Lipinski definition) is 1. The van der Waals surface area contributed by atoms with Gasteiger partial charge in [-0.3, -0.25) is 4.79 Å². The molecule has 0 aliphatic heterocycles. The first kappa shape index (κ1) is 14.0. The summed E-state index contributed by atoms with van der Waals surface area (Å²) in [7, 11) is 0. The SMILES string of the molecule is O=C(CCc1ccc(F)cc1)c1cc(Cl)ccc1Cl. The van der Waals surface area contributed by atoms with Crippen LogP contribution in [0.15, 0.2) is 42.5 Å². The molecule has 1 nitrogen and oxygen atoms in total. The summed E-state index contributed by atoms with van der Waals surface area (Å²) in [5.74, 6) is -0.357. The topological polar surface area (TPSA) is 17.1 Å². The molecule has 0 aromatic heterocycles. The molecule has 0 bridgehead atoms. The van der Waals surface area contributed by atoms with E-state index in [1.807, 2.05) is 0 Å². The largest absolute Gasteiger partial charge is 0.294 e. The Bertz CT molecular complexity index is 594. The van der Waals surface area contributed by atoms with Crippen molar-refractivity contribution in [3.8, 4) is 0 Å². The van der Waals surface area contributed by atoms with Gasteiger partial charge in [-0.1, -0.05) is 35.3 Å². The predicted octanol–water partition coefficient (Wildman–Crippen LogP) is 4.95. The van der Waals surface area contributed by atoms with E-state index in [-0.39, 0.29) is 11.6 Å². The van der Waals surface area contributed by atoms with Crippen molar-refractivity contribution in [3.05, 3.63) is 69.5 Å². The maximum absolute atomic E-state index is 12.7. The van der Waals surface area contributed by atoms with E-state index in [1.54, 1.807) is 30.3 Å². The smallest absolute Gasteiger partial charge is 0.164 e. The molecular formula is C15H11Cl2FO. The van der Waals surface area contributed by atoms with E-state index in [9.17, 15) is 9.18 Å². The normalized spacial score (nSPS) is 10.5. The van der Waals surface area contributed by atoms with Gasteiger partial charge in [0.2, 0.25) is 0 Å². The minimum atomic E-state index is -0.284. The number of halogens is 3. The van der Waals surface area contributed by atoms with Crippen molar-refractivity contribution in [3.63, 3.8) is 0 Å². The molecule has 0 fully saturated rings. The molecule has 4 heteroatoms. The maximum Gasteiger partial charge on any atom is 0.164 e. The average Bonchev–Trinajstić information content (AvgIpc) is 2.40. The quantitative estimate of drug-likeness (QED) is 0.730. The molecule has 19 heavy (non-hydrogen) atoms. The third-order valence-electron chi connectivity index (χ3n) is 2.78. The van der Waals surface area contributed by atoms with E-state index < -0.39 is 0 Å². The van der Waals surface area contributed by atoms with Crippen LogP contribution in [-0.2, 0) is 6.42 Å². The molecule has 0 unspecified atom stereocenters. The van der Waals surface area contributed by atoms with Crippen LogP contribution in [0.2, 0.25) is 10.0 Å². The summed E-state index contributed by atoms with van der Waals surface area (Å²) in [4.78, 5) is 12.0. The Balaban J connectivity index is 2.05. The minimum Gasteiger partial charge on any atom is -0.294 e. The monoisotopic (exact) mass is 296 g/mol. The molecule has 2 aromatic rings. The van der Waals surface area contributed by atoms with Crippen LogP contribution < -0.4 is 0 Å². The Morgan fingerprint density at radius 2 is 1.74 bits per heavy atom. The van der Waals surface area contributed by atoms with Crippen LogP contribution in [0, 0.1) is 5.82 Å². The van der Waals surface area contributed by atoms with E-state index in [0.717, 1.165) is 5.56 Å². The lowest BCUT2D eigenvalue weighted by molar-refractivity contribution is 0.0983. The van der Waals surface area contributed by atoms with Crippen molar-refractivity contribution in [2.75, 3.05) is 0 Å². The summed E-state index contributed by atoms with van der Waals surface area (Å²) in [5.41, 5.74) is 1.34. The number of ketones is 1. The summed E-state index contributed by atoms with van der Waals surface area (Å²) >= 11 is 11.8. The zero-order chi connectivity index (χ0) is 13.8. The number of hydrogen-bond donors (Lipinski definition) is 0. The van der Waals surface area contributed by atoms with E-state index >= 15 is 0 Å². The molecule has 2 rings (SSSR count). The van der Waals surface area contributed by atoms with Gasteiger partial charge in [-0.2, -0.15) is 0 Å². The number of carbonyl (C=O) groups excluding carboxylic acids is 1. The highest BCUT2D eigenvalue weighted by molar-refractivity contribution is 6.35. The minimum absolute atomic E-state index is 0.0724. The van der Waals surface area contributed by atoms with Crippen molar-refractivity contribution >= 4 is 29.0 Å². The first-order valence-corrected chi connectivity index (χ1v) is 6.54. The van der Waals surface area contributed by atoms with E-state index in [2.05, 4.69) is 0 Å². The number of Topliss-reactive ketones (excluding diaryl/α,β-unsaturated/α-hetero) is 1.